The van der Waals surface area contributed by atoms with Crippen LogP contribution in [0.1, 0.15) is 6.42 Å². The first kappa shape index (κ1) is 20.9. The average Bonchev–Trinajstić information content (AvgIpc) is 2.36. The monoisotopic (exact) mass is 311 g/mol. The third-order valence-corrected chi connectivity index (χ3v) is 1.40. The summed E-state index contributed by atoms with van der Waals surface area (Å²) in [6.45, 7) is 7.43. The van der Waals surface area contributed by atoms with Gasteiger partial charge in [-0.3, -0.25) is 4.79 Å². The summed E-state index contributed by atoms with van der Waals surface area (Å²) in [5.41, 5.74) is 5.78. The van der Waals surface area contributed by atoms with E-state index in [0.29, 0.717) is 12.3 Å². The number of rotatable bonds is 7. The number of carboxylic acids is 1. The molecule has 0 aliphatic rings. The Morgan fingerprint density at radius 2 is 1.67 bits per heavy atom. The second kappa shape index (κ2) is 11.4. The largest absolute Gasteiger partial charge is 0.495 e. The predicted molar refractivity (Wildman–Crippen MR) is 67.9 cm³/mol. The Bertz CT molecular complexity index is 391. The third-order valence-electron chi connectivity index (χ3n) is 1.40. The maximum Gasteiger partial charge on any atom is 0.490 e. The van der Waals surface area contributed by atoms with Crippen LogP contribution in [0.4, 0.5) is 13.2 Å². The minimum atomic E-state index is -5.08. The van der Waals surface area contributed by atoms with E-state index >= 15 is 0 Å². The van der Waals surface area contributed by atoms with E-state index in [1.165, 1.54) is 12.3 Å². The second-order valence-electron chi connectivity index (χ2n) is 3.27. The van der Waals surface area contributed by atoms with Crippen molar-refractivity contribution in [2.75, 3.05) is 13.2 Å². The van der Waals surface area contributed by atoms with Gasteiger partial charge in [-0.1, -0.05) is 25.3 Å². The van der Waals surface area contributed by atoms with Gasteiger partial charge in [0.05, 0.1) is 12.1 Å². The van der Waals surface area contributed by atoms with E-state index in [9.17, 15) is 18.0 Å². The van der Waals surface area contributed by atoms with Crippen molar-refractivity contribution in [3.63, 3.8) is 0 Å². The number of esters is 1. The summed E-state index contributed by atoms with van der Waals surface area (Å²) in [4.78, 5) is 19.9. The Kier molecular flexibility index (Phi) is 11.3. The number of hydrogen-bond acceptors (Lipinski definition) is 5. The summed E-state index contributed by atoms with van der Waals surface area (Å²) in [5.74, 6) is -3.16. The highest BCUT2D eigenvalue weighted by Gasteiger charge is 2.38. The molecule has 0 aliphatic carbocycles. The van der Waals surface area contributed by atoms with Crippen molar-refractivity contribution in [2.45, 2.75) is 12.6 Å². The predicted octanol–water partition coefficient (Wildman–Crippen LogP) is 1.74. The molecular weight excluding hydrogens is 295 g/mol. The Hall–Kier alpha value is -2.45. The first-order chi connectivity index (χ1) is 9.65. The Labute approximate surface area is 119 Å². The molecule has 0 aromatic carbocycles. The van der Waals surface area contributed by atoms with Crippen LogP contribution in [0.2, 0.25) is 0 Å². The van der Waals surface area contributed by atoms with E-state index in [1.54, 1.807) is 6.08 Å². The van der Waals surface area contributed by atoms with Crippen LogP contribution < -0.4 is 5.73 Å². The number of halogens is 3. The molecular formula is C12H16F3NO5. The molecule has 0 aromatic rings. The summed E-state index contributed by atoms with van der Waals surface area (Å²) in [7, 11) is 0. The molecule has 0 atom stereocenters. The lowest BCUT2D eigenvalue weighted by Crippen LogP contribution is -2.21. The fraction of sp³-hybridized carbons (Fsp3) is 0.333. The van der Waals surface area contributed by atoms with Crippen LogP contribution in [0.15, 0.2) is 37.3 Å². The van der Waals surface area contributed by atoms with E-state index < -0.39 is 18.1 Å². The molecule has 0 saturated carbocycles. The average molecular weight is 311 g/mol. The number of carboxylic acid groups (broad SMARTS) is 1. The molecule has 0 aromatic heterocycles. The number of carbonyl (C=O) groups is 2. The van der Waals surface area contributed by atoms with E-state index in [4.69, 9.17) is 25.1 Å². The lowest BCUT2D eigenvalue weighted by atomic mass is 10.3. The molecule has 0 aliphatic heterocycles. The molecule has 0 heterocycles. The van der Waals surface area contributed by atoms with Crippen molar-refractivity contribution in [1.29, 1.82) is 0 Å². The van der Waals surface area contributed by atoms with Gasteiger partial charge in [0.15, 0.2) is 0 Å². The Balaban J connectivity index is 0. The lowest BCUT2D eigenvalue weighted by molar-refractivity contribution is -0.192. The second-order valence-corrected chi connectivity index (χ2v) is 3.27. The van der Waals surface area contributed by atoms with Gasteiger partial charge < -0.3 is 20.3 Å². The summed E-state index contributed by atoms with van der Waals surface area (Å²) < 4.78 is 41.4. The molecule has 0 radical (unpaired) electrons. The summed E-state index contributed by atoms with van der Waals surface area (Å²) in [6.07, 6.45) is -0.673. The highest BCUT2D eigenvalue weighted by molar-refractivity contribution is 5.73. The van der Waals surface area contributed by atoms with Crippen LogP contribution >= 0.6 is 0 Å². The van der Waals surface area contributed by atoms with Crippen LogP contribution in [0.5, 0.6) is 0 Å². The summed E-state index contributed by atoms with van der Waals surface area (Å²) >= 11 is 0. The Morgan fingerprint density at radius 3 is 2.05 bits per heavy atom. The zero-order valence-corrected chi connectivity index (χ0v) is 11.1. The molecule has 0 rings (SSSR count). The highest BCUT2D eigenvalue weighted by Crippen LogP contribution is 2.13. The number of ether oxygens (including phenoxy) is 2. The summed E-state index contributed by atoms with van der Waals surface area (Å²) in [5, 5.41) is 7.12. The zero-order chi connectivity index (χ0) is 16.9. The molecule has 3 N–H and O–H groups in total. The third kappa shape index (κ3) is 15.5. The van der Waals surface area contributed by atoms with E-state index in [1.807, 2.05) is 0 Å². The quantitative estimate of drug-likeness (QED) is 0.321. The maximum atomic E-state index is 11.0. The number of aliphatic carboxylic acids is 1. The molecule has 0 saturated heterocycles. The van der Waals surface area contributed by atoms with Gasteiger partial charge in [0.1, 0.15) is 19.5 Å². The molecule has 0 spiro atoms. The van der Waals surface area contributed by atoms with Gasteiger partial charge in [0.25, 0.3) is 0 Å². The number of carbonyl (C=O) groups excluding carboxylic acids is 1. The van der Waals surface area contributed by atoms with Crippen molar-refractivity contribution in [3.05, 3.63) is 37.3 Å². The molecule has 120 valence electrons. The van der Waals surface area contributed by atoms with Crippen molar-refractivity contribution >= 4 is 11.9 Å². The van der Waals surface area contributed by atoms with Gasteiger partial charge in [-0.25, -0.2) is 4.79 Å². The van der Waals surface area contributed by atoms with E-state index in [0.717, 1.165) is 0 Å². The fourth-order valence-corrected chi connectivity index (χ4v) is 0.634. The molecule has 0 amide bonds. The standard InChI is InChI=1S/C10H15NO3.C2HF3O2/c1-3-5-13-8-9(11)7-10(12)14-6-4-2;3-2(4,5)1(6)7/h3-4,8H,1-2,5-7,11H2;(H,6,7)/b9-8+;. The highest BCUT2D eigenvalue weighted by atomic mass is 19.4. The first-order valence-corrected chi connectivity index (χ1v) is 5.38. The number of alkyl halides is 3. The van der Waals surface area contributed by atoms with Gasteiger partial charge in [-0.15, -0.1) is 0 Å². The summed E-state index contributed by atoms with van der Waals surface area (Å²) in [6, 6.07) is 0. The minimum absolute atomic E-state index is 0.0188. The topological polar surface area (TPSA) is 98.9 Å². The van der Waals surface area contributed by atoms with Crippen molar-refractivity contribution in [1.82, 2.24) is 0 Å². The van der Waals surface area contributed by atoms with Gasteiger partial charge in [-0.05, 0) is 0 Å². The molecule has 6 nitrogen and oxygen atoms in total. The molecule has 0 fully saturated rings. The van der Waals surface area contributed by atoms with Crippen LogP contribution in [0.25, 0.3) is 0 Å². The normalized spacial score (nSPS) is 10.7. The van der Waals surface area contributed by atoms with Gasteiger partial charge in [0.2, 0.25) is 0 Å². The lowest BCUT2D eigenvalue weighted by Gasteiger charge is -2.02. The fourth-order valence-electron chi connectivity index (χ4n) is 0.634. The van der Waals surface area contributed by atoms with Gasteiger partial charge >= 0.3 is 18.1 Å². The van der Waals surface area contributed by atoms with Crippen LogP contribution in [-0.2, 0) is 19.1 Å². The van der Waals surface area contributed by atoms with Crippen molar-refractivity contribution in [2.24, 2.45) is 5.73 Å². The minimum Gasteiger partial charge on any atom is -0.495 e. The molecule has 21 heavy (non-hydrogen) atoms. The maximum absolute atomic E-state index is 11.0. The molecule has 0 bridgehead atoms. The number of nitrogens with two attached hydrogens (primary N) is 1. The van der Waals surface area contributed by atoms with Crippen LogP contribution in [-0.4, -0.2) is 36.4 Å². The van der Waals surface area contributed by atoms with Crippen molar-refractivity contribution < 1.29 is 37.3 Å². The van der Waals surface area contributed by atoms with E-state index in [2.05, 4.69) is 13.2 Å². The Morgan fingerprint density at radius 1 is 1.19 bits per heavy atom. The van der Waals surface area contributed by atoms with Gasteiger partial charge in [0, 0.05) is 0 Å². The van der Waals surface area contributed by atoms with Gasteiger partial charge in [-0.2, -0.15) is 13.2 Å². The van der Waals surface area contributed by atoms with Crippen LogP contribution in [0, 0.1) is 0 Å². The molecule has 0 unspecified atom stereocenters. The van der Waals surface area contributed by atoms with Crippen molar-refractivity contribution in [3.8, 4) is 0 Å². The van der Waals surface area contributed by atoms with Crippen LogP contribution in [0.3, 0.4) is 0 Å². The zero-order valence-electron chi connectivity index (χ0n) is 11.1. The smallest absolute Gasteiger partial charge is 0.490 e. The first-order valence-electron chi connectivity index (χ1n) is 5.38. The SMILES string of the molecule is C=CCO/C=C(/N)CC(=O)OCC=C.O=C(O)C(F)(F)F. The molecule has 9 heteroatoms. The van der Waals surface area contributed by atoms with E-state index in [-0.39, 0.29) is 13.0 Å². The number of hydrogen-bond donors (Lipinski definition) is 2.